The lowest BCUT2D eigenvalue weighted by Gasteiger charge is -2.24. The zero-order chi connectivity index (χ0) is 18.4. The Morgan fingerprint density at radius 3 is 2.80 bits per heavy atom. The molecule has 25 heavy (non-hydrogen) atoms. The first-order valence-corrected chi connectivity index (χ1v) is 9.97. The maximum Gasteiger partial charge on any atom is 0.240 e. The largest absolute Gasteiger partial charge is 0.354 e. The standard InChI is InChI=1S/C16H21ClN4O3S/c1-13-14(17)5-3-6-15(13)21(25(2,23)24)11-16(22)19-7-4-9-20-10-8-18-12-20/h3,5-6,8,10,12H,4,7,9,11H2,1-2H3,(H,19,22). The van der Waals surface area contributed by atoms with E-state index in [-0.39, 0.29) is 12.5 Å². The molecule has 9 heteroatoms. The summed E-state index contributed by atoms with van der Waals surface area (Å²) in [5.74, 6) is -0.365. The summed E-state index contributed by atoms with van der Waals surface area (Å²) in [4.78, 5) is 16.1. The van der Waals surface area contributed by atoms with Gasteiger partial charge in [-0.05, 0) is 31.0 Å². The van der Waals surface area contributed by atoms with Crippen LogP contribution in [0, 0.1) is 6.92 Å². The highest BCUT2D eigenvalue weighted by Crippen LogP contribution is 2.27. The number of amides is 1. The van der Waals surface area contributed by atoms with E-state index in [2.05, 4.69) is 10.3 Å². The zero-order valence-electron chi connectivity index (χ0n) is 14.1. The van der Waals surface area contributed by atoms with Gasteiger partial charge in [-0.2, -0.15) is 0 Å². The van der Waals surface area contributed by atoms with E-state index in [1.807, 2.05) is 10.8 Å². The highest BCUT2D eigenvalue weighted by atomic mass is 35.5. The first-order chi connectivity index (χ1) is 11.8. The van der Waals surface area contributed by atoms with Gasteiger partial charge in [0.25, 0.3) is 0 Å². The van der Waals surface area contributed by atoms with E-state index in [1.54, 1.807) is 37.6 Å². The average Bonchev–Trinajstić information content (AvgIpc) is 3.05. The van der Waals surface area contributed by atoms with Gasteiger partial charge < -0.3 is 9.88 Å². The lowest BCUT2D eigenvalue weighted by Crippen LogP contribution is -2.41. The molecule has 0 saturated heterocycles. The molecule has 0 spiro atoms. The van der Waals surface area contributed by atoms with Gasteiger partial charge in [-0.15, -0.1) is 0 Å². The molecule has 0 radical (unpaired) electrons. The first-order valence-electron chi connectivity index (χ1n) is 7.74. The van der Waals surface area contributed by atoms with E-state index in [0.29, 0.717) is 22.8 Å². The van der Waals surface area contributed by atoms with Gasteiger partial charge in [0.05, 0.1) is 18.3 Å². The number of rotatable bonds is 8. The van der Waals surface area contributed by atoms with Gasteiger partial charge in [-0.1, -0.05) is 17.7 Å². The molecule has 2 rings (SSSR count). The molecule has 0 saturated carbocycles. The smallest absolute Gasteiger partial charge is 0.240 e. The molecule has 1 amide bonds. The van der Waals surface area contributed by atoms with Crippen LogP contribution >= 0.6 is 11.6 Å². The number of aryl methyl sites for hydroxylation is 1. The average molecular weight is 385 g/mol. The molecular formula is C16H21ClN4O3S. The van der Waals surface area contributed by atoms with E-state index in [0.717, 1.165) is 23.5 Å². The molecule has 2 aromatic rings. The minimum absolute atomic E-state index is 0.287. The zero-order valence-corrected chi connectivity index (χ0v) is 15.7. The summed E-state index contributed by atoms with van der Waals surface area (Å²) < 4.78 is 27.2. The Hall–Kier alpha value is -2.06. The molecule has 1 heterocycles. The fourth-order valence-corrected chi connectivity index (χ4v) is 3.42. The minimum atomic E-state index is -3.62. The number of halogens is 1. The molecule has 7 nitrogen and oxygen atoms in total. The second-order valence-corrected chi connectivity index (χ2v) is 7.97. The normalized spacial score (nSPS) is 11.3. The SMILES string of the molecule is Cc1c(Cl)cccc1N(CC(=O)NCCCn1ccnc1)S(C)(=O)=O. The van der Waals surface area contributed by atoms with E-state index in [1.165, 1.54) is 0 Å². The number of nitrogens with zero attached hydrogens (tertiary/aromatic N) is 3. The van der Waals surface area contributed by atoms with Crippen molar-refractivity contribution in [2.75, 3.05) is 23.7 Å². The number of anilines is 1. The van der Waals surface area contributed by atoms with Crippen molar-refractivity contribution >= 4 is 33.2 Å². The van der Waals surface area contributed by atoms with Crippen LogP contribution in [0.5, 0.6) is 0 Å². The number of aromatic nitrogens is 2. The second kappa shape index (κ2) is 8.35. The maximum atomic E-state index is 12.2. The van der Waals surface area contributed by atoms with Gasteiger partial charge in [-0.25, -0.2) is 13.4 Å². The van der Waals surface area contributed by atoms with Crippen LogP contribution in [-0.2, 0) is 21.4 Å². The highest BCUT2D eigenvalue weighted by Gasteiger charge is 2.22. The maximum absolute atomic E-state index is 12.2. The molecule has 0 aliphatic rings. The number of imidazole rings is 1. The van der Waals surface area contributed by atoms with Crippen molar-refractivity contribution in [1.82, 2.24) is 14.9 Å². The van der Waals surface area contributed by atoms with Crippen LogP contribution in [0.1, 0.15) is 12.0 Å². The molecule has 0 bridgehead atoms. The van der Waals surface area contributed by atoms with Crippen molar-refractivity contribution in [3.63, 3.8) is 0 Å². The van der Waals surface area contributed by atoms with Gasteiger partial charge >= 0.3 is 0 Å². The third-order valence-electron chi connectivity index (χ3n) is 3.67. The summed E-state index contributed by atoms with van der Waals surface area (Å²) in [6.07, 6.45) is 7.02. The molecule has 0 fully saturated rings. The summed E-state index contributed by atoms with van der Waals surface area (Å²) in [5.41, 5.74) is 1.02. The fourth-order valence-electron chi connectivity index (χ4n) is 2.34. The number of sulfonamides is 1. The molecule has 0 aliphatic carbocycles. The number of hydrogen-bond acceptors (Lipinski definition) is 4. The van der Waals surface area contributed by atoms with Gasteiger partial charge in [0, 0.05) is 30.5 Å². The Kier molecular flexibility index (Phi) is 6.44. The van der Waals surface area contributed by atoms with Crippen LogP contribution in [0.15, 0.2) is 36.9 Å². The Labute approximate surface area is 152 Å². The second-order valence-electron chi connectivity index (χ2n) is 5.66. The molecular weight excluding hydrogens is 364 g/mol. The summed E-state index contributed by atoms with van der Waals surface area (Å²) in [7, 11) is -3.62. The number of carbonyl (C=O) groups excluding carboxylic acids is 1. The van der Waals surface area contributed by atoms with E-state index < -0.39 is 10.0 Å². The van der Waals surface area contributed by atoms with Crippen molar-refractivity contribution < 1.29 is 13.2 Å². The number of carbonyl (C=O) groups is 1. The van der Waals surface area contributed by atoms with Crippen molar-refractivity contribution in [2.24, 2.45) is 0 Å². The molecule has 1 aromatic heterocycles. The van der Waals surface area contributed by atoms with Crippen molar-refractivity contribution in [1.29, 1.82) is 0 Å². The number of hydrogen-bond donors (Lipinski definition) is 1. The quantitative estimate of drug-likeness (QED) is 0.703. The van der Waals surface area contributed by atoms with E-state index in [9.17, 15) is 13.2 Å². The van der Waals surface area contributed by atoms with Gasteiger partial charge in [0.15, 0.2) is 0 Å². The number of nitrogens with one attached hydrogen (secondary N) is 1. The van der Waals surface area contributed by atoms with Crippen LogP contribution in [0.4, 0.5) is 5.69 Å². The van der Waals surface area contributed by atoms with Crippen LogP contribution in [-0.4, -0.2) is 43.2 Å². The molecule has 136 valence electrons. The van der Waals surface area contributed by atoms with Crippen molar-refractivity contribution in [2.45, 2.75) is 19.9 Å². The Morgan fingerprint density at radius 2 is 2.16 bits per heavy atom. The summed E-state index contributed by atoms with van der Waals surface area (Å²) in [6, 6.07) is 4.97. The summed E-state index contributed by atoms with van der Waals surface area (Å²) in [6.45, 7) is 2.61. The molecule has 1 N–H and O–H groups in total. The van der Waals surface area contributed by atoms with Crippen molar-refractivity contribution in [3.05, 3.63) is 47.5 Å². The fraction of sp³-hybridized carbons (Fsp3) is 0.375. The monoisotopic (exact) mass is 384 g/mol. The van der Waals surface area contributed by atoms with Gasteiger partial charge in [-0.3, -0.25) is 9.10 Å². The summed E-state index contributed by atoms with van der Waals surface area (Å²) in [5, 5.41) is 3.19. The summed E-state index contributed by atoms with van der Waals surface area (Å²) >= 11 is 6.07. The molecule has 1 aromatic carbocycles. The predicted molar refractivity (Wildman–Crippen MR) is 98.2 cm³/mol. The highest BCUT2D eigenvalue weighted by molar-refractivity contribution is 7.92. The Balaban J connectivity index is 1.97. The van der Waals surface area contributed by atoms with Gasteiger partial charge in [0.2, 0.25) is 15.9 Å². The van der Waals surface area contributed by atoms with Crippen LogP contribution in [0.3, 0.4) is 0 Å². The molecule has 0 unspecified atom stereocenters. The molecule has 0 aliphatic heterocycles. The Bertz CT molecular complexity index is 822. The van der Waals surface area contributed by atoms with Crippen LogP contribution in [0.25, 0.3) is 0 Å². The number of benzene rings is 1. The third kappa shape index (κ3) is 5.47. The lowest BCUT2D eigenvalue weighted by atomic mass is 10.2. The topological polar surface area (TPSA) is 84.3 Å². The minimum Gasteiger partial charge on any atom is -0.354 e. The van der Waals surface area contributed by atoms with Crippen molar-refractivity contribution in [3.8, 4) is 0 Å². The third-order valence-corrected chi connectivity index (χ3v) is 5.21. The Morgan fingerprint density at radius 1 is 1.40 bits per heavy atom. The van der Waals surface area contributed by atoms with Crippen LogP contribution in [0.2, 0.25) is 5.02 Å². The predicted octanol–water partition coefficient (Wildman–Crippen LogP) is 1.82. The first kappa shape index (κ1) is 19.3. The van der Waals surface area contributed by atoms with E-state index >= 15 is 0 Å². The van der Waals surface area contributed by atoms with Gasteiger partial charge in [0.1, 0.15) is 6.54 Å². The molecule has 0 atom stereocenters. The van der Waals surface area contributed by atoms with E-state index in [4.69, 9.17) is 11.6 Å². The van der Waals surface area contributed by atoms with Crippen LogP contribution < -0.4 is 9.62 Å². The lowest BCUT2D eigenvalue weighted by molar-refractivity contribution is -0.119.